The minimum Gasteiger partial charge on any atom is -0.378 e. The molecule has 0 radical (unpaired) electrons. The van der Waals surface area contributed by atoms with E-state index in [-0.39, 0.29) is 5.92 Å². The number of alkyl halides is 3. The van der Waals surface area contributed by atoms with Crippen LogP contribution in [0.3, 0.4) is 0 Å². The third kappa shape index (κ3) is 2.75. The summed E-state index contributed by atoms with van der Waals surface area (Å²) < 4.78 is 40.0. The van der Waals surface area contributed by atoms with Gasteiger partial charge in [0.2, 0.25) is 0 Å². The topological polar surface area (TPSA) is 21.1 Å². The van der Waals surface area contributed by atoms with E-state index in [2.05, 4.69) is 5.10 Å². The molecular weight excluding hydrogens is 279 g/mol. The zero-order valence-electron chi connectivity index (χ0n) is 11.9. The van der Waals surface area contributed by atoms with Crippen molar-refractivity contribution >= 4 is 5.69 Å². The van der Waals surface area contributed by atoms with E-state index in [4.69, 9.17) is 0 Å². The fourth-order valence-corrected chi connectivity index (χ4v) is 2.30. The molecule has 0 unspecified atom stereocenters. The molecular formula is C15H16F3N3. The minimum absolute atomic E-state index is 0.196. The van der Waals surface area contributed by atoms with E-state index in [1.165, 1.54) is 10.7 Å². The van der Waals surface area contributed by atoms with E-state index < -0.39 is 11.9 Å². The second kappa shape index (κ2) is 4.79. The first-order chi connectivity index (χ1) is 9.86. The van der Waals surface area contributed by atoms with Crippen LogP contribution >= 0.6 is 0 Å². The Labute approximate surface area is 121 Å². The Balaban J connectivity index is 2.02. The van der Waals surface area contributed by atoms with Crippen LogP contribution in [0.5, 0.6) is 0 Å². The quantitative estimate of drug-likeness (QED) is 0.858. The van der Waals surface area contributed by atoms with Crippen molar-refractivity contribution < 1.29 is 13.2 Å². The van der Waals surface area contributed by atoms with Crippen LogP contribution in [0.4, 0.5) is 18.9 Å². The summed E-state index contributed by atoms with van der Waals surface area (Å²) in [5, 5.41) is 3.77. The van der Waals surface area contributed by atoms with E-state index >= 15 is 0 Å². The molecule has 1 aromatic carbocycles. The van der Waals surface area contributed by atoms with Gasteiger partial charge in [0.25, 0.3) is 0 Å². The highest BCUT2D eigenvalue weighted by atomic mass is 19.4. The van der Waals surface area contributed by atoms with Crippen molar-refractivity contribution in [2.45, 2.75) is 24.9 Å². The molecule has 0 spiro atoms. The normalized spacial score (nSPS) is 15.3. The molecule has 1 heterocycles. The summed E-state index contributed by atoms with van der Waals surface area (Å²) in [4.78, 5) is 1.94. The van der Waals surface area contributed by atoms with Crippen molar-refractivity contribution in [2.24, 2.45) is 0 Å². The molecule has 1 aliphatic rings. The number of benzene rings is 1. The van der Waals surface area contributed by atoms with E-state index in [1.54, 1.807) is 12.1 Å². The Bertz CT molecular complexity index is 637. The lowest BCUT2D eigenvalue weighted by Gasteiger charge is -2.13. The molecule has 0 aliphatic heterocycles. The first-order valence-electron chi connectivity index (χ1n) is 6.81. The average Bonchev–Trinajstić information content (AvgIpc) is 3.16. The van der Waals surface area contributed by atoms with Crippen LogP contribution in [0.2, 0.25) is 0 Å². The lowest BCUT2D eigenvalue weighted by atomic mass is 10.2. The zero-order valence-corrected chi connectivity index (χ0v) is 11.9. The largest absolute Gasteiger partial charge is 0.435 e. The van der Waals surface area contributed by atoms with Gasteiger partial charge in [0.05, 0.1) is 5.69 Å². The van der Waals surface area contributed by atoms with Gasteiger partial charge in [0, 0.05) is 31.4 Å². The van der Waals surface area contributed by atoms with Gasteiger partial charge in [-0.15, -0.1) is 0 Å². The molecule has 1 fully saturated rings. The van der Waals surface area contributed by atoms with Gasteiger partial charge in [-0.1, -0.05) is 0 Å². The second-order valence-corrected chi connectivity index (χ2v) is 5.55. The van der Waals surface area contributed by atoms with Gasteiger partial charge in [0.1, 0.15) is 0 Å². The maximum atomic E-state index is 12.9. The highest BCUT2D eigenvalue weighted by Gasteiger charge is 2.38. The SMILES string of the molecule is CN(C)c1ccc(-n2nc(C(F)(F)F)cc2C2CC2)cc1. The lowest BCUT2D eigenvalue weighted by molar-refractivity contribution is -0.141. The van der Waals surface area contributed by atoms with Crippen LogP contribution in [0.15, 0.2) is 30.3 Å². The molecule has 2 aromatic rings. The third-order valence-corrected chi connectivity index (χ3v) is 3.63. The molecule has 0 amide bonds. The summed E-state index contributed by atoms with van der Waals surface area (Å²) in [6, 6.07) is 8.53. The van der Waals surface area contributed by atoms with E-state index in [0.29, 0.717) is 11.4 Å². The first kappa shape index (κ1) is 14.0. The van der Waals surface area contributed by atoms with Crippen molar-refractivity contribution in [1.82, 2.24) is 9.78 Å². The van der Waals surface area contributed by atoms with Gasteiger partial charge in [0.15, 0.2) is 5.69 Å². The number of rotatable bonds is 3. The number of hydrogen-bond acceptors (Lipinski definition) is 2. The van der Waals surface area contributed by atoms with Gasteiger partial charge >= 0.3 is 6.18 Å². The summed E-state index contributed by atoms with van der Waals surface area (Å²) in [7, 11) is 3.83. The predicted octanol–water partition coefficient (Wildman–Crippen LogP) is 3.83. The van der Waals surface area contributed by atoms with Gasteiger partial charge in [-0.05, 0) is 43.2 Å². The first-order valence-corrected chi connectivity index (χ1v) is 6.81. The summed E-state index contributed by atoms with van der Waals surface area (Å²) in [5.41, 5.74) is 1.49. The van der Waals surface area contributed by atoms with Crippen LogP contribution in [0.1, 0.15) is 30.1 Å². The van der Waals surface area contributed by atoms with Crippen LogP contribution in [-0.2, 0) is 6.18 Å². The minimum atomic E-state index is -4.40. The van der Waals surface area contributed by atoms with E-state index in [0.717, 1.165) is 18.5 Å². The number of anilines is 1. The molecule has 1 saturated carbocycles. The molecule has 112 valence electrons. The Morgan fingerprint density at radius 3 is 2.24 bits per heavy atom. The molecule has 0 saturated heterocycles. The third-order valence-electron chi connectivity index (χ3n) is 3.63. The summed E-state index contributed by atoms with van der Waals surface area (Å²) in [6.45, 7) is 0. The predicted molar refractivity (Wildman–Crippen MR) is 74.9 cm³/mol. The van der Waals surface area contributed by atoms with Crippen molar-refractivity contribution in [2.75, 3.05) is 19.0 Å². The fraction of sp³-hybridized carbons (Fsp3) is 0.400. The molecule has 0 atom stereocenters. The van der Waals surface area contributed by atoms with Crippen molar-refractivity contribution in [1.29, 1.82) is 0 Å². The number of nitrogens with zero attached hydrogens (tertiary/aromatic N) is 3. The van der Waals surface area contributed by atoms with Crippen LogP contribution in [0, 0.1) is 0 Å². The summed E-state index contributed by atoms with van der Waals surface area (Å²) in [5.74, 6) is 0.196. The Kier molecular flexibility index (Phi) is 3.19. The monoisotopic (exact) mass is 295 g/mol. The van der Waals surface area contributed by atoms with Crippen molar-refractivity contribution in [3.05, 3.63) is 41.7 Å². The molecule has 6 heteroatoms. The van der Waals surface area contributed by atoms with Gasteiger partial charge in [-0.3, -0.25) is 0 Å². The van der Waals surface area contributed by atoms with Crippen molar-refractivity contribution in [3.63, 3.8) is 0 Å². The van der Waals surface area contributed by atoms with Gasteiger partial charge < -0.3 is 4.90 Å². The highest BCUT2D eigenvalue weighted by molar-refractivity contribution is 5.50. The zero-order chi connectivity index (χ0) is 15.2. The average molecular weight is 295 g/mol. The molecule has 1 aromatic heterocycles. The lowest BCUT2D eigenvalue weighted by Crippen LogP contribution is -2.09. The Morgan fingerprint density at radius 1 is 1.14 bits per heavy atom. The van der Waals surface area contributed by atoms with E-state index in [1.807, 2.05) is 31.1 Å². The standard InChI is InChI=1S/C15H16F3N3/c1-20(2)11-5-7-12(8-6-11)21-13(10-3-4-10)9-14(19-21)15(16,17)18/h5-10H,3-4H2,1-2H3. The van der Waals surface area contributed by atoms with Crippen LogP contribution in [-0.4, -0.2) is 23.9 Å². The van der Waals surface area contributed by atoms with Crippen LogP contribution < -0.4 is 4.90 Å². The highest BCUT2D eigenvalue weighted by Crippen LogP contribution is 2.42. The van der Waals surface area contributed by atoms with Gasteiger partial charge in [-0.25, -0.2) is 4.68 Å². The molecule has 0 bridgehead atoms. The fourth-order valence-electron chi connectivity index (χ4n) is 2.30. The Hall–Kier alpha value is -1.98. The molecule has 1 aliphatic carbocycles. The molecule has 3 rings (SSSR count). The molecule has 21 heavy (non-hydrogen) atoms. The smallest absolute Gasteiger partial charge is 0.378 e. The number of hydrogen-bond donors (Lipinski definition) is 0. The van der Waals surface area contributed by atoms with Crippen LogP contribution in [0.25, 0.3) is 5.69 Å². The molecule has 3 nitrogen and oxygen atoms in total. The summed E-state index contributed by atoms with van der Waals surface area (Å²) in [6.07, 6.45) is -2.55. The number of aromatic nitrogens is 2. The maximum Gasteiger partial charge on any atom is 0.435 e. The van der Waals surface area contributed by atoms with Crippen molar-refractivity contribution in [3.8, 4) is 5.69 Å². The Morgan fingerprint density at radius 2 is 1.76 bits per heavy atom. The van der Waals surface area contributed by atoms with Gasteiger partial charge in [-0.2, -0.15) is 18.3 Å². The maximum absolute atomic E-state index is 12.9. The number of halogens is 3. The second-order valence-electron chi connectivity index (χ2n) is 5.55. The van der Waals surface area contributed by atoms with E-state index in [9.17, 15) is 13.2 Å². The molecule has 0 N–H and O–H groups in total. The summed E-state index contributed by atoms with van der Waals surface area (Å²) >= 11 is 0.